The third kappa shape index (κ3) is 4.93. The van der Waals surface area contributed by atoms with Crippen LogP contribution in [0.1, 0.15) is 49.7 Å². The molecule has 0 spiro atoms. The van der Waals surface area contributed by atoms with Gasteiger partial charge in [0.15, 0.2) is 6.61 Å². The van der Waals surface area contributed by atoms with Crippen LogP contribution in [0.5, 0.6) is 0 Å². The van der Waals surface area contributed by atoms with Crippen molar-refractivity contribution in [2.75, 3.05) is 18.5 Å². The van der Waals surface area contributed by atoms with Gasteiger partial charge in [0.25, 0.3) is 5.91 Å². The second kappa shape index (κ2) is 9.07. The average Bonchev–Trinajstić information content (AvgIpc) is 3.06. The molecule has 0 unspecified atom stereocenters. The normalized spacial score (nSPS) is 20.3. The smallest absolute Gasteiger partial charge is 0.311 e. The monoisotopic (exact) mass is 450 g/mol. The summed E-state index contributed by atoms with van der Waals surface area (Å²) in [6.07, 6.45) is 5.71. The van der Waals surface area contributed by atoms with Crippen LogP contribution in [-0.2, 0) is 19.1 Å². The Morgan fingerprint density at radius 3 is 2.61 bits per heavy atom. The van der Waals surface area contributed by atoms with Crippen molar-refractivity contribution in [3.63, 3.8) is 0 Å². The predicted molar refractivity (Wildman–Crippen MR) is 110 cm³/mol. The molecule has 2 amide bonds. The van der Waals surface area contributed by atoms with Crippen molar-refractivity contribution in [3.8, 4) is 0 Å². The average molecular weight is 451 g/mol. The molecule has 1 aromatic carbocycles. The van der Waals surface area contributed by atoms with E-state index in [9.17, 15) is 14.4 Å². The zero-order valence-electron chi connectivity index (χ0n) is 16.4. The summed E-state index contributed by atoms with van der Waals surface area (Å²) in [6, 6.07) is 4.06. The van der Waals surface area contributed by atoms with Crippen molar-refractivity contribution in [1.29, 1.82) is 0 Å². The van der Waals surface area contributed by atoms with Crippen molar-refractivity contribution in [2.45, 2.75) is 58.4 Å². The third-order valence-corrected chi connectivity index (χ3v) is 6.49. The van der Waals surface area contributed by atoms with Gasteiger partial charge >= 0.3 is 5.97 Å². The number of anilines is 1. The minimum Gasteiger partial charge on any atom is -0.455 e. The number of likely N-dealkylation sites (tertiary alicyclic amines) is 1. The first kappa shape index (κ1) is 20.8. The third-order valence-electron chi connectivity index (χ3n) is 5.63. The Labute approximate surface area is 174 Å². The summed E-state index contributed by atoms with van der Waals surface area (Å²) in [4.78, 5) is 38.7. The molecule has 3 rings (SSSR count). The molecule has 7 heteroatoms. The number of amides is 2. The Bertz CT molecular complexity index is 774. The van der Waals surface area contributed by atoms with Crippen LogP contribution in [0.25, 0.3) is 0 Å². The molecular weight excluding hydrogens is 424 g/mol. The molecule has 0 radical (unpaired) electrons. The summed E-state index contributed by atoms with van der Waals surface area (Å²) in [5.41, 5.74) is 2.62. The zero-order valence-corrected chi connectivity index (χ0v) is 18.0. The number of carbonyl (C=O) groups is 3. The number of hydrogen-bond acceptors (Lipinski definition) is 4. The SMILES string of the molecule is Cc1cc(NC(=O)COC(=O)[C@H]2CC(=O)N(C3CCCCC3)C2)c(C)cc1Br. The topological polar surface area (TPSA) is 75.7 Å². The van der Waals surface area contributed by atoms with Crippen molar-refractivity contribution in [3.05, 3.63) is 27.7 Å². The molecule has 1 aliphatic carbocycles. The van der Waals surface area contributed by atoms with E-state index in [1.807, 2.05) is 30.9 Å². The number of rotatable bonds is 5. The van der Waals surface area contributed by atoms with Gasteiger partial charge in [-0.05, 0) is 49.9 Å². The number of carbonyl (C=O) groups excluding carboxylic acids is 3. The van der Waals surface area contributed by atoms with Gasteiger partial charge in [0, 0.05) is 29.2 Å². The molecule has 2 aliphatic rings. The fraction of sp³-hybridized carbons (Fsp3) is 0.571. The fourth-order valence-electron chi connectivity index (χ4n) is 3.99. The Balaban J connectivity index is 1.49. The summed E-state index contributed by atoms with van der Waals surface area (Å²) in [5, 5.41) is 2.78. The van der Waals surface area contributed by atoms with E-state index in [0.717, 1.165) is 41.3 Å². The highest BCUT2D eigenvalue weighted by molar-refractivity contribution is 9.10. The summed E-state index contributed by atoms with van der Waals surface area (Å²) in [5.74, 6) is -1.30. The van der Waals surface area contributed by atoms with Crippen molar-refractivity contribution >= 4 is 39.4 Å². The van der Waals surface area contributed by atoms with Gasteiger partial charge in [0.1, 0.15) is 0 Å². The van der Waals surface area contributed by atoms with E-state index < -0.39 is 11.9 Å². The van der Waals surface area contributed by atoms with Crippen LogP contribution in [0.15, 0.2) is 16.6 Å². The summed E-state index contributed by atoms with van der Waals surface area (Å²) in [7, 11) is 0. The van der Waals surface area contributed by atoms with E-state index in [-0.39, 0.29) is 30.9 Å². The minimum absolute atomic E-state index is 0.0271. The fourth-order valence-corrected chi connectivity index (χ4v) is 4.45. The van der Waals surface area contributed by atoms with E-state index in [1.54, 1.807) is 0 Å². The number of aryl methyl sites for hydroxylation is 2. The molecule has 1 aliphatic heterocycles. The quantitative estimate of drug-likeness (QED) is 0.693. The summed E-state index contributed by atoms with van der Waals surface area (Å²) < 4.78 is 6.17. The lowest BCUT2D eigenvalue weighted by atomic mass is 9.94. The second-order valence-corrected chi connectivity index (χ2v) is 8.67. The first-order valence-electron chi connectivity index (χ1n) is 9.88. The number of halogens is 1. The highest BCUT2D eigenvalue weighted by Crippen LogP contribution is 2.29. The molecule has 0 bridgehead atoms. The van der Waals surface area contributed by atoms with Crippen LogP contribution in [0, 0.1) is 19.8 Å². The van der Waals surface area contributed by atoms with Crippen molar-refractivity contribution in [1.82, 2.24) is 4.90 Å². The van der Waals surface area contributed by atoms with Gasteiger partial charge in [-0.3, -0.25) is 14.4 Å². The van der Waals surface area contributed by atoms with Gasteiger partial charge in [-0.25, -0.2) is 0 Å². The maximum atomic E-state index is 12.4. The Kier molecular flexibility index (Phi) is 6.75. The minimum atomic E-state index is -0.473. The van der Waals surface area contributed by atoms with Crippen LogP contribution >= 0.6 is 15.9 Å². The van der Waals surface area contributed by atoms with E-state index >= 15 is 0 Å². The lowest BCUT2D eigenvalue weighted by Crippen LogP contribution is -2.38. The van der Waals surface area contributed by atoms with E-state index in [2.05, 4.69) is 21.2 Å². The van der Waals surface area contributed by atoms with Crippen LogP contribution in [-0.4, -0.2) is 41.9 Å². The lowest BCUT2D eigenvalue weighted by molar-refractivity contribution is -0.151. The van der Waals surface area contributed by atoms with E-state index in [1.165, 1.54) is 6.42 Å². The molecular formula is C21H27BrN2O4. The van der Waals surface area contributed by atoms with Crippen LogP contribution in [0.4, 0.5) is 5.69 Å². The van der Waals surface area contributed by atoms with Gasteiger partial charge in [0.05, 0.1) is 5.92 Å². The molecule has 28 heavy (non-hydrogen) atoms. The van der Waals surface area contributed by atoms with E-state index in [0.29, 0.717) is 12.2 Å². The molecule has 1 saturated heterocycles. The van der Waals surface area contributed by atoms with Crippen LogP contribution in [0.3, 0.4) is 0 Å². The first-order chi connectivity index (χ1) is 13.3. The molecule has 152 valence electrons. The summed E-state index contributed by atoms with van der Waals surface area (Å²) >= 11 is 3.46. The first-order valence-corrected chi connectivity index (χ1v) is 10.7. The number of nitrogens with zero attached hydrogens (tertiary/aromatic N) is 1. The molecule has 1 aromatic rings. The van der Waals surface area contributed by atoms with Gasteiger partial charge in [0.2, 0.25) is 5.91 Å². The van der Waals surface area contributed by atoms with Gasteiger partial charge in [-0.1, -0.05) is 35.2 Å². The molecule has 2 fully saturated rings. The van der Waals surface area contributed by atoms with Crippen LogP contribution in [0.2, 0.25) is 0 Å². The molecule has 1 heterocycles. The largest absolute Gasteiger partial charge is 0.455 e. The van der Waals surface area contributed by atoms with Crippen molar-refractivity contribution < 1.29 is 19.1 Å². The van der Waals surface area contributed by atoms with Crippen LogP contribution < -0.4 is 5.32 Å². The van der Waals surface area contributed by atoms with Gasteiger partial charge in [-0.2, -0.15) is 0 Å². The molecule has 1 saturated carbocycles. The maximum Gasteiger partial charge on any atom is 0.311 e. The number of esters is 1. The Morgan fingerprint density at radius 2 is 1.89 bits per heavy atom. The highest BCUT2D eigenvalue weighted by atomic mass is 79.9. The van der Waals surface area contributed by atoms with E-state index in [4.69, 9.17) is 4.74 Å². The summed E-state index contributed by atoms with van der Waals surface area (Å²) in [6.45, 7) is 3.90. The molecule has 1 N–H and O–H groups in total. The van der Waals surface area contributed by atoms with Gasteiger partial charge < -0.3 is 15.0 Å². The van der Waals surface area contributed by atoms with Gasteiger partial charge in [-0.15, -0.1) is 0 Å². The number of benzene rings is 1. The second-order valence-electron chi connectivity index (χ2n) is 7.81. The predicted octanol–water partition coefficient (Wildman–Crippen LogP) is 3.73. The highest BCUT2D eigenvalue weighted by Gasteiger charge is 2.39. The van der Waals surface area contributed by atoms with Crippen molar-refractivity contribution in [2.24, 2.45) is 5.92 Å². The molecule has 1 atom stereocenters. The standard InChI is InChI=1S/C21H27BrN2O4/c1-13-9-18(14(2)8-17(13)22)23-19(25)12-28-21(27)15-10-20(26)24(11-15)16-6-4-3-5-7-16/h8-9,15-16H,3-7,10-12H2,1-2H3,(H,23,25)/t15-/m0/s1. The lowest BCUT2D eigenvalue weighted by Gasteiger charge is -2.31. The maximum absolute atomic E-state index is 12.4. The number of nitrogens with one attached hydrogen (secondary N) is 1. The molecule has 6 nitrogen and oxygen atoms in total. The zero-order chi connectivity index (χ0) is 20.3. The number of hydrogen-bond donors (Lipinski definition) is 1. The Morgan fingerprint density at radius 1 is 1.18 bits per heavy atom. The molecule has 0 aromatic heterocycles. The Hall–Kier alpha value is -1.89. The number of ether oxygens (including phenoxy) is 1.